The van der Waals surface area contributed by atoms with Crippen molar-refractivity contribution in [3.05, 3.63) is 120 Å². The quantitative estimate of drug-likeness (QED) is 0.289. The molecule has 2 amide bonds. The number of aromatic nitrogens is 3. The first-order chi connectivity index (χ1) is 18.8. The summed E-state index contributed by atoms with van der Waals surface area (Å²) in [5, 5.41) is 5.25. The maximum atomic E-state index is 13.7. The first-order valence-corrected chi connectivity index (χ1v) is 14.0. The highest BCUT2D eigenvalue weighted by Crippen LogP contribution is 2.20. The van der Waals surface area contributed by atoms with Gasteiger partial charge in [-0.25, -0.2) is 13.1 Å². The molecule has 0 aliphatic heterocycles. The van der Waals surface area contributed by atoms with Gasteiger partial charge in [-0.1, -0.05) is 54.6 Å². The molecular formula is C29H29N5O4S. The van der Waals surface area contributed by atoms with E-state index in [1.807, 2.05) is 30.3 Å². The lowest BCUT2D eigenvalue weighted by Gasteiger charge is -2.25. The van der Waals surface area contributed by atoms with Crippen LogP contribution in [0.15, 0.2) is 103 Å². The Morgan fingerprint density at radius 1 is 1.00 bits per heavy atom. The standard InChI is InChI=1S/C29H29N5O4S/c1-2-34(26-14-7-4-8-15-26)29(36)27(19-24-20-31-33(21-24)22-25-13-9-10-17-30-25)28(35)32-39(37,38)18-16-23-11-5-3-6-12-23/h3-18,20-21,27H,2,19,22H2,1H3,(H,32,35). The van der Waals surface area contributed by atoms with Gasteiger partial charge in [0.25, 0.3) is 10.0 Å². The van der Waals surface area contributed by atoms with Crippen LogP contribution >= 0.6 is 0 Å². The van der Waals surface area contributed by atoms with E-state index in [1.54, 1.807) is 78.7 Å². The van der Waals surface area contributed by atoms with Crippen molar-refractivity contribution in [1.29, 1.82) is 0 Å². The summed E-state index contributed by atoms with van der Waals surface area (Å²) in [5.41, 5.74) is 2.68. The molecule has 10 heteroatoms. The Morgan fingerprint density at radius 2 is 1.69 bits per heavy atom. The van der Waals surface area contributed by atoms with Crippen molar-refractivity contribution in [1.82, 2.24) is 19.5 Å². The minimum atomic E-state index is -4.16. The van der Waals surface area contributed by atoms with Crippen LogP contribution in [0, 0.1) is 5.92 Å². The van der Waals surface area contributed by atoms with Crippen molar-refractivity contribution in [3.8, 4) is 0 Å². The van der Waals surface area contributed by atoms with Gasteiger partial charge < -0.3 is 4.90 Å². The molecule has 9 nitrogen and oxygen atoms in total. The predicted molar refractivity (Wildman–Crippen MR) is 150 cm³/mol. The Hall–Kier alpha value is -4.57. The van der Waals surface area contributed by atoms with Crippen molar-refractivity contribution in [3.63, 3.8) is 0 Å². The maximum absolute atomic E-state index is 13.7. The third-order valence-electron chi connectivity index (χ3n) is 5.92. The summed E-state index contributed by atoms with van der Waals surface area (Å²) < 4.78 is 29.2. The molecule has 0 spiro atoms. The number of rotatable bonds is 11. The van der Waals surface area contributed by atoms with Gasteiger partial charge in [0.2, 0.25) is 11.8 Å². The first kappa shape index (κ1) is 27.5. The number of nitrogens with one attached hydrogen (secondary N) is 1. The predicted octanol–water partition coefficient (Wildman–Crippen LogP) is 3.66. The molecule has 2 aromatic heterocycles. The fourth-order valence-electron chi connectivity index (χ4n) is 4.02. The summed E-state index contributed by atoms with van der Waals surface area (Å²) in [6, 6.07) is 23.3. The fourth-order valence-corrected chi connectivity index (χ4v) is 4.85. The summed E-state index contributed by atoms with van der Waals surface area (Å²) >= 11 is 0. The van der Waals surface area contributed by atoms with Crippen molar-refractivity contribution >= 4 is 33.6 Å². The Bertz CT molecular complexity index is 1520. The molecule has 39 heavy (non-hydrogen) atoms. The third-order valence-corrected chi connectivity index (χ3v) is 6.90. The average molecular weight is 544 g/mol. The number of nitrogens with zero attached hydrogens (tertiary/aromatic N) is 4. The Kier molecular flexibility index (Phi) is 9.01. The lowest BCUT2D eigenvalue weighted by atomic mass is 9.99. The number of anilines is 1. The highest BCUT2D eigenvalue weighted by molar-refractivity contribution is 7.93. The van der Waals surface area contributed by atoms with Gasteiger partial charge in [-0.15, -0.1) is 0 Å². The van der Waals surface area contributed by atoms with Crippen molar-refractivity contribution in [2.45, 2.75) is 19.9 Å². The second-order valence-corrected chi connectivity index (χ2v) is 10.3. The second-order valence-electron chi connectivity index (χ2n) is 8.77. The number of carbonyl (C=O) groups excluding carboxylic acids is 2. The molecule has 1 unspecified atom stereocenters. The van der Waals surface area contributed by atoms with Gasteiger partial charge in [-0.2, -0.15) is 5.10 Å². The molecule has 0 aliphatic carbocycles. The van der Waals surface area contributed by atoms with E-state index in [4.69, 9.17) is 0 Å². The average Bonchev–Trinajstić information content (AvgIpc) is 3.39. The SMILES string of the molecule is CCN(C(=O)C(Cc1cnn(Cc2ccccn2)c1)C(=O)NS(=O)(=O)C=Cc1ccccc1)c1ccccc1. The van der Waals surface area contributed by atoms with Crippen LogP contribution in [0.4, 0.5) is 5.69 Å². The molecule has 4 aromatic rings. The molecular weight excluding hydrogens is 514 g/mol. The number of sulfonamides is 1. The van der Waals surface area contributed by atoms with Crippen LogP contribution in [0.2, 0.25) is 0 Å². The number of para-hydroxylation sites is 1. The van der Waals surface area contributed by atoms with Crippen LogP contribution in [-0.2, 0) is 32.6 Å². The third kappa shape index (κ3) is 7.71. The normalized spacial score (nSPS) is 12.2. The second kappa shape index (κ2) is 12.8. The Morgan fingerprint density at radius 3 is 2.36 bits per heavy atom. The van der Waals surface area contributed by atoms with Gasteiger partial charge >= 0.3 is 0 Å². The van der Waals surface area contributed by atoms with Crippen LogP contribution in [0.1, 0.15) is 23.7 Å². The summed E-state index contributed by atoms with van der Waals surface area (Å²) in [4.78, 5) is 32.8. The summed E-state index contributed by atoms with van der Waals surface area (Å²) in [7, 11) is -4.16. The molecule has 2 heterocycles. The van der Waals surface area contributed by atoms with E-state index in [9.17, 15) is 18.0 Å². The van der Waals surface area contributed by atoms with Gasteiger partial charge in [0, 0.05) is 24.6 Å². The maximum Gasteiger partial charge on any atom is 0.257 e. The molecule has 0 saturated heterocycles. The molecule has 4 rings (SSSR count). The van der Waals surface area contributed by atoms with E-state index in [0.29, 0.717) is 29.9 Å². The number of hydrogen-bond donors (Lipinski definition) is 1. The van der Waals surface area contributed by atoms with E-state index in [0.717, 1.165) is 11.1 Å². The molecule has 200 valence electrons. The highest BCUT2D eigenvalue weighted by Gasteiger charge is 2.33. The van der Waals surface area contributed by atoms with Crippen LogP contribution < -0.4 is 9.62 Å². The van der Waals surface area contributed by atoms with Gasteiger partial charge in [-0.05, 0) is 54.8 Å². The molecule has 1 atom stereocenters. The number of benzene rings is 2. The summed E-state index contributed by atoms with van der Waals surface area (Å²) in [5.74, 6) is -2.73. The molecule has 0 bridgehead atoms. The summed E-state index contributed by atoms with van der Waals surface area (Å²) in [6.45, 7) is 2.51. The highest BCUT2D eigenvalue weighted by atomic mass is 32.2. The molecule has 0 aliphatic rings. The van der Waals surface area contributed by atoms with E-state index in [2.05, 4.69) is 14.8 Å². The van der Waals surface area contributed by atoms with Crippen LogP contribution in [0.5, 0.6) is 0 Å². The van der Waals surface area contributed by atoms with Gasteiger partial charge in [0.1, 0.15) is 5.92 Å². The number of amides is 2. The van der Waals surface area contributed by atoms with Crippen molar-refractivity contribution < 1.29 is 18.0 Å². The minimum absolute atomic E-state index is 0.0336. The number of pyridine rings is 1. The van der Waals surface area contributed by atoms with E-state index < -0.39 is 27.8 Å². The van der Waals surface area contributed by atoms with Gasteiger partial charge in [-0.3, -0.25) is 19.3 Å². The van der Waals surface area contributed by atoms with Gasteiger partial charge in [0.15, 0.2) is 0 Å². The lowest BCUT2D eigenvalue weighted by Crippen LogP contribution is -2.46. The Balaban J connectivity index is 1.57. The van der Waals surface area contributed by atoms with E-state index in [1.165, 1.54) is 11.0 Å². The number of carbonyl (C=O) groups is 2. The van der Waals surface area contributed by atoms with Crippen LogP contribution in [0.3, 0.4) is 0 Å². The fraction of sp³-hybridized carbons (Fsp3) is 0.172. The zero-order valence-electron chi connectivity index (χ0n) is 21.4. The van der Waals surface area contributed by atoms with Gasteiger partial charge in [0.05, 0.1) is 23.8 Å². The smallest absolute Gasteiger partial charge is 0.257 e. The minimum Gasteiger partial charge on any atom is -0.312 e. The van der Waals surface area contributed by atoms with E-state index >= 15 is 0 Å². The topological polar surface area (TPSA) is 114 Å². The zero-order valence-corrected chi connectivity index (χ0v) is 22.2. The summed E-state index contributed by atoms with van der Waals surface area (Å²) in [6.07, 6.45) is 6.34. The van der Waals surface area contributed by atoms with E-state index in [-0.39, 0.29) is 6.42 Å². The monoisotopic (exact) mass is 543 g/mol. The van der Waals surface area contributed by atoms with Crippen molar-refractivity contribution in [2.24, 2.45) is 5.92 Å². The van der Waals surface area contributed by atoms with Crippen LogP contribution in [-0.4, -0.2) is 41.5 Å². The lowest BCUT2D eigenvalue weighted by molar-refractivity contribution is -0.132. The van der Waals surface area contributed by atoms with Crippen LogP contribution in [0.25, 0.3) is 6.08 Å². The molecule has 0 radical (unpaired) electrons. The first-order valence-electron chi connectivity index (χ1n) is 12.4. The number of hydrogen-bond acceptors (Lipinski definition) is 6. The zero-order chi connectivity index (χ0) is 27.7. The molecule has 1 N–H and O–H groups in total. The largest absolute Gasteiger partial charge is 0.312 e. The van der Waals surface area contributed by atoms with Crippen molar-refractivity contribution in [2.75, 3.05) is 11.4 Å². The molecule has 0 saturated carbocycles. The molecule has 0 fully saturated rings. The molecule has 2 aromatic carbocycles. The Labute approximate surface area is 227 Å².